The number of rotatable bonds is 13. The molecule has 0 aliphatic carbocycles. The number of carbonyl (C=O) groups is 2. The van der Waals surface area contributed by atoms with Crippen LogP contribution < -0.4 is 5.32 Å². The van der Waals surface area contributed by atoms with E-state index in [0.717, 1.165) is 49.1 Å². The molecule has 0 aromatic carbocycles. The molecule has 1 amide bonds. The molecule has 12 heteroatoms. The molecule has 33 heavy (non-hydrogen) atoms. The summed E-state index contributed by atoms with van der Waals surface area (Å²) in [5.74, 6) is 1.96. The van der Waals surface area contributed by atoms with Gasteiger partial charge in [-0.25, -0.2) is 0 Å². The fourth-order valence-corrected chi connectivity index (χ4v) is 7.06. The van der Waals surface area contributed by atoms with Crippen molar-refractivity contribution < 1.29 is 9.59 Å². The molecule has 4 heterocycles. The van der Waals surface area contributed by atoms with Crippen LogP contribution in [0.3, 0.4) is 0 Å². The first-order valence-corrected chi connectivity index (χ1v) is 14.8. The molecule has 0 spiro atoms. The van der Waals surface area contributed by atoms with Gasteiger partial charge in [-0.3, -0.25) is 9.59 Å². The molecular formula is C21H21N5O2S5. The molecule has 0 unspecified atom stereocenters. The Bertz CT molecular complexity index is 1060. The number of aromatic nitrogens is 4. The lowest BCUT2D eigenvalue weighted by Crippen LogP contribution is -2.13. The molecule has 7 nitrogen and oxygen atoms in total. The van der Waals surface area contributed by atoms with Crippen molar-refractivity contribution in [3.63, 3.8) is 0 Å². The van der Waals surface area contributed by atoms with Crippen molar-refractivity contribution in [2.75, 3.05) is 16.8 Å². The summed E-state index contributed by atoms with van der Waals surface area (Å²) < 4.78 is 0. The van der Waals surface area contributed by atoms with Gasteiger partial charge >= 0.3 is 0 Å². The number of carbonyl (C=O) groups excluding carboxylic acids is 2. The molecule has 0 atom stereocenters. The van der Waals surface area contributed by atoms with E-state index < -0.39 is 0 Å². The Hall–Kier alpha value is -1.99. The molecule has 0 radical (unpaired) electrons. The van der Waals surface area contributed by atoms with Crippen molar-refractivity contribution >= 4 is 73.9 Å². The van der Waals surface area contributed by atoms with Crippen LogP contribution in [0, 0.1) is 0 Å². The Morgan fingerprint density at radius 2 is 1.42 bits per heavy atom. The first kappa shape index (κ1) is 24.1. The number of anilines is 1. The molecule has 1 N–H and O–H groups in total. The largest absolute Gasteiger partial charge is 0.300 e. The molecule has 0 aliphatic heterocycles. The summed E-state index contributed by atoms with van der Waals surface area (Å²) in [6.07, 6.45) is 2.82. The number of thiophene rings is 2. The summed E-state index contributed by atoms with van der Waals surface area (Å²) in [7, 11) is 0. The van der Waals surface area contributed by atoms with Gasteiger partial charge in [0.25, 0.3) is 0 Å². The van der Waals surface area contributed by atoms with Gasteiger partial charge in [0.1, 0.15) is 20.8 Å². The number of amides is 1. The van der Waals surface area contributed by atoms with E-state index in [9.17, 15) is 9.59 Å². The maximum atomic E-state index is 12.2. The highest BCUT2D eigenvalue weighted by atomic mass is 32.2. The first-order chi connectivity index (χ1) is 16.1. The monoisotopic (exact) mass is 535 g/mol. The second-order valence-electron chi connectivity index (χ2n) is 6.98. The molecule has 4 aromatic heterocycles. The molecule has 172 valence electrons. The Balaban J connectivity index is 1.11. The van der Waals surface area contributed by atoms with Gasteiger partial charge in [0, 0.05) is 29.0 Å². The number of aryl methyl sites for hydroxylation is 2. The summed E-state index contributed by atoms with van der Waals surface area (Å²) >= 11 is 7.94. The van der Waals surface area contributed by atoms with E-state index in [-0.39, 0.29) is 11.7 Å². The minimum absolute atomic E-state index is 0.0702. The van der Waals surface area contributed by atoms with Gasteiger partial charge in [-0.1, -0.05) is 23.5 Å². The van der Waals surface area contributed by atoms with Gasteiger partial charge in [-0.05, 0) is 34.4 Å². The van der Waals surface area contributed by atoms with E-state index in [4.69, 9.17) is 0 Å². The van der Waals surface area contributed by atoms with Gasteiger partial charge in [0.2, 0.25) is 11.0 Å². The highest BCUT2D eigenvalue weighted by Crippen LogP contribution is 2.20. The number of ketones is 1. The van der Waals surface area contributed by atoms with Crippen LogP contribution in [0.2, 0.25) is 0 Å². The minimum atomic E-state index is -0.0702. The van der Waals surface area contributed by atoms with E-state index in [1.165, 1.54) is 22.7 Å². The second-order valence-corrected chi connectivity index (χ2v) is 12.5. The van der Waals surface area contributed by atoms with E-state index in [1.807, 2.05) is 46.8 Å². The van der Waals surface area contributed by atoms with Gasteiger partial charge in [-0.15, -0.1) is 54.4 Å². The Morgan fingerprint density at radius 3 is 2.12 bits per heavy atom. The molecular weight excluding hydrogens is 515 g/mol. The van der Waals surface area contributed by atoms with Crippen molar-refractivity contribution in [1.82, 2.24) is 20.4 Å². The third-order valence-electron chi connectivity index (χ3n) is 4.36. The number of Topliss-reactive ketones (excluding diaryl/α,β-unsaturated/α-hetero) is 1. The highest BCUT2D eigenvalue weighted by molar-refractivity contribution is 7.99. The fraction of sp³-hybridized carbons (Fsp3) is 0.333. The lowest BCUT2D eigenvalue weighted by molar-refractivity contribution is -0.118. The highest BCUT2D eigenvalue weighted by Gasteiger charge is 2.12. The van der Waals surface area contributed by atoms with Crippen LogP contribution in [0.25, 0.3) is 0 Å². The van der Waals surface area contributed by atoms with E-state index in [1.54, 1.807) is 22.7 Å². The van der Waals surface area contributed by atoms with Crippen LogP contribution in [-0.2, 0) is 41.7 Å². The smallest absolute Gasteiger partial charge is 0.231 e. The average molecular weight is 536 g/mol. The van der Waals surface area contributed by atoms with E-state index in [2.05, 4.69) is 25.7 Å². The average Bonchev–Trinajstić information content (AvgIpc) is 3.57. The van der Waals surface area contributed by atoms with Crippen molar-refractivity contribution in [1.29, 1.82) is 0 Å². The summed E-state index contributed by atoms with van der Waals surface area (Å²) in [5, 5.41) is 26.6. The molecule has 4 aromatic rings. The van der Waals surface area contributed by atoms with Gasteiger partial charge in [0.05, 0.1) is 12.8 Å². The van der Waals surface area contributed by atoms with E-state index in [0.29, 0.717) is 24.4 Å². The standard InChI is InChI=1S/C21H21N5O2S5/c27-14(11-15-3-1-7-30-15)12-20-25-23-18(32-20)5-9-29-10-6-19-24-26-21(33-19)22-17(28)13-16-4-2-8-31-16/h1-4,7-8H,5-6,9-13H2,(H,22,26,28). The van der Waals surface area contributed by atoms with E-state index >= 15 is 0 Å². The fourth-order valence-electron chi connectivity index (χ4n) is 2.86. The van der Waals surface area contributed by atoms with Gasteiger partial charge in [-0.2, -0.15) is 11.8 Å². The summed E-state index contributed by atoms with van der Waals surface area (Å²) in [6, 6.07) is 7.83. The predicted molar refractivity (Wildman–Crippen MR) is 138 cm³/mol. The summed E-state index contributed by atoms with van der Waals surface area (Å²) in [6.45, 7) is 0. The maximum absolute atomic E-state index is 12.2. The molecule has 0 aliphatic rings. The molecule has 0 saturated heterocycles. The first-order valence-electron chi connectivity index (χ1n) is 10.2. The SMILES string of the molecule is O=C(Cc1cccs1)Cc1nnc(CCSCCc2nnc(NC(=O)Cc3cccs3)s2)s1. The van der Waals surface area contributed by atoms with Crippen molar-refractivity contribution in [3.05, 3.63) is 59.8 Å². The zero-order chi connectivity index (χ0) is 22.9. The van der Waals surface area contributed by atoms with Crippen LogP contribution >= 0.6 is 57.1 Å². The zero-order valence-electron chi connectivity index (χ0n) is 17.6. The number of hydrogen-bond acceptors (Lipinski definition) is 11. The third-order valence-corrected chi connectivity index (χ3v) is 8.98. The predicted octanol–water partition coefficient (Wildman–Crippen LogP) is 4.57. The van der Waals surface area contributed by atoms with Crippen molar-refractivity contribution in [2.45, 2.75) is 32.1 Å². The lowest BCUT2D eigenvalue weighted by atomic mass is 10.2. The van der Waals surface area contributed by atoms with Gasteiger partial charge in [0.15, 0.2) is 0 Å². The van der Waals surface area contributed by atoms with Crippen molar-refractivity contribution in [3.8, 4) is 0 Å². The lowest BCUT2D eigenvalue weighted by Gasteiger charge is -1.98. The quantitative estimate of drug-likeness (QED) is 0.251. The number of nitrogens with one attached hydrogen (secondary N) is 1. The van der Waals surface area contributed by atoms with Crippen LogP contribution in [-0.4, -0.2) is 43.6 Å². The second kappa shape index (κ2) is 12.5. The Kier molecular flexibility index (Phi) is 9.12. The zero-order valence-corrected chi connectivity index (χ0v) is 21.6. The maximum Gasteiger partial charge on any atom is 0.231 e. The number of thioether (sulfide) groups is 1. The molecule has 0 bridgehead atoms. The van der Waals surface area contributed by atoms with Crippen molar-refractivity contribution in [2.24, 2.45) is 0 Å². The Morgan fingerprint density at radius 1 is 0.788 bits per heavy atom. The Labute approximate surface area is 211 Å². The number of hydrogen-bond donors (Lipinski definition) is 1. The van der Waals surface area contributed by atoms with Crippen LogP contribution in [0.5, 0.6) is 0 Å². The van der Waals surface area contributed by atoms with Gasteiger partial charge < -0.3 is 5.32 Å². The summed E-state index contributed by atoms with van der Waals surface area (Å²) in [5.41, 5.74) is 0. The minimum Gasteiger partial charge on any atom is -0.300 e. The van der Waals surface area contributed by atoms with Crippen LogP contribution in [0.1, 0.15) is 24.8 Å². The molecule has 4 rings (SSSR count). The topological polar surface area (TPSA) is 97.7 Å². The third kappa shape index (κ3) is 8.07. The van der Waals surface area contributed by atoms with Crippen LogP contribution in [0.4, 0.5) is 5.13 Å². The number of nitrogens with zero attached hydrogens (tertiary/aromatic N) is 4. The van der Waals surface area contributed by atoms with Crippen LogP contribution in [0.15, 0.2) is 35.0 Å². The molecule has 0 fully saturated rings. The normalized spacial score (nSPS) is 11.0. The molecule has 0 saturated carbocycles. The summed E-state index contributed by atoms with van der Waals surface area (Å²) in [4.78, 5) is 26.3.